The Morgan fingerprint density at radius 3 is 2.35 bits per heavy atom. The van der Waals surface area contributed by atoms with Crippen molar-refractivity contribution in [2.75, 3.05) is 19.0 Å². The third kappa shape index (κ3) is 6.17. The van der Waals surface area contributed by atoms with Gasteiger partial charge in [0.25, 0.3) is 5.91 Å². The number of carbonyl (C=O) groups is 3. The second kappa shape index (κ2) is 10.6. The minimum atomic E-state index is -0.679. The highest BCUT2D eigenvalue weighted by atomic mass is 16.5. The number of amides is 1. The Hall–Kier alpha value is -4.13. The Kier molecular flexibility index (Phi) is 7.37. The fourth-order valence-corrected chi connectivity index (χ4v) is 2.74. The number of carbonyl (C=O) groups excluding carboxylic acids is 3. The number of esters is 2. The lowest BCUT2D eigenvalue weighted by Gasteiger charge is -2.11. The summed E-state index contributed by atoms with van der Waals surface area (Å²) in [5.74, 6) is -1.38. The van der Waals surface area contributed by atoms with Gasteiger partial charge in [0.2, 0.25) is 0 Å². The predicted molar refractivity (Wildman–Crippen MR) is 114 cm³/mol. The van der Waals surface area contributed by atoms with Gasteiger partial charge in [0.15, 0.2) is 6.61 Å². The van der Waals surface area contributed by atoms with Gasteiger partial charge < -0.3 is 19.5 Å². The van der Waals surface area contributed by atoms with Crippen LogP contribution in [0.4, 0.5) is 5.69 Å². The van der Waals surface area contributed by atoms with Crippen molar-refractivity contribution in [3.8, 4) is 5.75 Å². The molecule has 0 saturated carbocycles. The summed E-state index contributed by atoms with van der Waals surface area (Å²) >= 11 is 0. The standard InChI is InChI=1S/C24H21NO6/c1-29-23(27)18-10-7-11-19(14-18)25-22(26)16-31-24(28)20-12-5-6-13-21(20)30-15-17-8-3-2-4-9-17/h2-14H,15-16H2,1H3,(H,25,26). The SMILES string of the molecule is COC(=O)c1cccc(NC(=O)COC(=O)c2ccccc2OCc2ccccc2)c1. The molecule has 0 heterocycles. The summed E-state index contributed by atoms with van der Waals surface area (Å²) in [6.07, 6.45) is 0. The number of ether oxygens (including phenoxy) is 3. The maximum absolute atomic E-state index is 12.5. The number of hydrogen-bond donors (Lipinski definition) is 1. The van der Waals surface area contributed by atoms with Crippen molar-refractivity contribution in [1.82, 2.24) is 0 Å². The topological polar surface area (TPSA) is 90.9 Å². The number of benzene rings is 3. The van der Waals surface area contributed by atoms with Gasteiger partial charge in [-0.15, -0.1) is 0 Å². The van der Waals surface area contributed by atoms with Gasteiger partial charge in [0.1, 0.15) is 17.9 Å². The van der Waals surface area contributed by atoms with Gasteiger partial charge in [-0.05, 0) is 35.9 Å². The smallest absolute Gasteiger partial charge is 0.342 e. The zero-order valence-electron chi connectivity index (χ0n) is 16.9. The van der Waals surface area contributed by atoms with Crippen LogP contribution in [0.2, 0.25) is 0 Å². The molecular weight excluding hydrogens is 398 g/mol. The Balaban J connectivity index is 1.57. The van der Waals surface area contributed by atoms with Crippen molar-refractivity contribution in [2.45, 2.75) is 6.61 Å². The molecular formula is C24H21NO6. The number of para-hydroxylation sites is 1. The van der Waals surface area contributed by atoms with E-state index in [4.69, 9.17) is 9.47 Å². The zero-order chi connectivity index (χ0) is 22.1. The normalized spacial score (nSPS) is 10.1. The molecule has 158 valence electrons. The number of nitrogens with one attached hydrogen (secondary N) is 1. The molecule has 0 aromatic heterocycles. The van der Waals surface area contributed by atoms with Gasteiger partial charge in [-0.2, -0.15) is 0 Å². The zero-order valence-corrected chi connectivity index (χ0v) is 16.9. The van der Waals surface area contributed by atoms with Crippen molar-refractivity contribution in [1.29, 1.82) is 0 Å². The van der Waals surface area contributed by atoms with Crippen molar-refractivity contribution < 1.29 is 28.6 Å². The van der Waals surface area contributed by atoms with E-state index < -0.39 is 24.5 Å². The van der Waals surface area contributed by atoms with Crippen LogP contribution >= 0.6 is 0 Å². The first kappa shape index (κ1) is 21.6. The lowest BCUT2D eigenvalue weighted by atomic mass is 10.2. The fourth-order valence-electron chi connectivity index (χ4n) is 2.74. The van der Waals surface area contributed by atoms with Crippen LogP contribution in [0, 0.1) is 0 Å². The number of methoxy groups -OCH3 is 1. The van der Waals surface area contributed by atoms with Crippen molar-refractivity contribution in [3.05, 3.63) is 95.6 Å². The van der Waals surface area contributed by atoms with Gasteiger partial charge in [0.05, 0.1) is 12.7 Å². The third-order valence-electron chi connectivity index (χ3n) is 4.25. The van der Waals surface area contributed by atoms with E-state index in [1.807, 2.05) is 30.3 Å². The van der Waals surface area contributed by atoms with Crippen LogP contribution in [0.15, 0.2) is 78.9 Å². The molecule has 31 heavy (non-hydrogen) atoms. The Morgan fingerprint density at radius 2 is 1.58 bits per heavy atom. The third-order valence-corrected chi connectivity index (χ3v) is 4.25. The number of rotatable bonds is 8. The molecule has 1 amide bonds. The molecule has 0 radical (unpaired) electrons. The molecule has 0 aliphatic carbocycles. The molecule has 0 aliphatic rings. The summed E-state index contributed by atoms with van der Waals surface area (Å²) in [5, 5.41) is 2.57. The summed E-state index contributed by atoms with van der Waals surface area (Å²) in [7, 11) is 1.27. The molecule has 0 fully saturated rings. The lowest BCUT2D eigenvalue weighted by Crippen LogP contribution is -2.21. The molecule has 7 heteroatoms. The largest absolute Gasteiger partial charge is 0.488 e. The summed E-state index contributed by atoms with van der Waals surface area (Å²) < 4.78 is 15.5. The molecule has 1 N–H and O–H groups in total. The number of hydrogen-bond acceptors (Lipinski definition) is 6. The molecule has 0 saturated heterocycles. The van der Waals surface area contributed by atoms with Crippen molar-refractivity contribution in [2.24, 2.45) is 0 Å². The van der Waals surface area contributed by atoms with E-state index in [-0.39, 0.29) is 5.56 Å². The van der Waals surface area contributed by atoms with Gasteiger partial charge in [-0.25, -0.2) is 9.59 Å². The Bertz CT molecular complexity index is 1060. The van der Waals surface area contributed by atoms with Crippen LogP contribution in [-0.4, -0.2) is 31.6 Å². The quantitative estimate of drug-likeness (QED) is 0.558. The van der Waals surface area contributed by atoms with E-state index in [1.54, 1.807) is 42.5 Å². The highest BCUT2D eigenvalue weighted by Crippen LogP contribution is 2.20. The first-order chi connectivity index (χ1) is 15.1. The summed E-state index contributed by atoms with van der Waals surface area (Å²) in [6.45, 7) is -0.198. The summed E-state index contributed by atoms with van der Waals surface area (Å²) in [4.78, 5) is 36.2. The molecule has 0 spiro atoms. The molecule has 0 atom stereocenters. The predicted octanol–water partition coefficient (Wildman–Crippen LogP) is 3.85. The van der Waals surface area contributed by atoms with Crippen molar-refractivity contribution >= 4 is 23.5 Å². The van der Waals surface area contributed by atoms with E-state index in [2.05, 4.69) is 10.1 Å². The van der Waals surface area contributed by atoms with Gasteiger partial charge in [0, 0.05) is 5.69 Å². The molecule has 3 aromatic carbocycles. The Labute approximate surface area is 179 Å². The Morgan fingerprint density at radius 1 is 0.839 bits per heavy atom. The molecule has 3 aromatic rings. The minimum Gasteiger partial charge on any atom is -0.488 e. The van der Waals surface area contributed by atoms with Crippen LogP contribution in [0.1, 0.15) is 26.3 Å². The molecule has 3 rings (SSSR count). The average molecular weight is 419 g/mol. The second-order valence-corrected chi connectivity index (χ2v) is 6.47. The van der Waals surface area contributed by atoms with Gasteiger partial charge in [-0.1, -0.05) is 48.5 Å². The minimum absolute atomic E-state index is 0.221. The fraction of sp³-hybridized carbons (Fsp3) is 0.125. The summed E-state index contributed by atoms with van der Waals surface area (Å²) in [5.41, 5.74) is 1.86. The highest BCUT2D eigenvalue weighted by molar-refractivity contribution is 5.97. The van der Waals surface area contributed by atoms with E-state index >= 15 is 0 Å². The molecule has 0 bridgehead atoms. The molecule has 0 aliphatic heterocycles. The van der Waals surface area contributed by atoms with Crippen LogP contribution in [-0.2, 0) is 20.9 Å². The maximum atomic E-state index is 12.5. The monoisotopic (exact) mass is 419 g/mol. The first-order valence-corrected chi connectivity index (χ1v) is 9.48. The van der Waals surface area contributed by atoms with Gasteiger partial charge >= 0.3 is 11.9 Å². The van der Waals surface area contributed by atoms with E-state index in [0.29, 0.717) is 23.6 Å². The van der Waals surface area contributed by atoms with Crippen LogP contribution in [0.5, 0.6) is 5.75 Å². The molecule has 0 unspecified atom stereocenters. The van der Waals surface area contributed by atoms with E-state index in [9.17, 15) is 14.4 Å². The summed E-state index contributed by atoms with van der Waals surface area (Å²) in [6, 6.07) is 22.5. The van der Waals surface area contributed by atoms with E-state index in [0.717, 1.165) is 5.56 Å². The highest BCUT2D eigenvalue weighted by Gasteiger charge is 2.16. The van der Waals surface area contributed by atoms with E-state index in [1.165, 1.54) is 13.2 Å². The number of anilines is 1. The van der Waals surface area contributed by atoms with Crippen molar-refractivity contribution in [3.63, 3.8) is 0 Å². The second-order valence-electron chi connectivity index (χ2n) is 6.47. The van der Waals surface area contributed by atoms with Crippen LogP contribution in [0.3, 0.4) is 0 Å². The van der Waals surface area contributed by atoms with Crippen LogP contribution in [0.25, 0.3) is 0 Å². The van der Waals surface area contributed by atoms with Gasteiger partial charge in [-0.3, -0.25) is 4.79 Å². The average Bonchev–Trinajstić information content (AvgIpc) is 2.81. The van der Waals surface area contributed by atoms with Crippen LogP contribution < -0.4 is 10.1 Å². The maximum Gasteiger partial charge on any atom is 0.342 e. The lowest BCUT2D eigenvalue weighted by molar-refractivity contribution is -0.119. The molecule has 7 nitrogen and oxygen atoms in total. The first-order valence-electron chi connectivity index (χ1n) is 9.48.